The largest absolute Gasteiger partial charge is 0.359 e. The van der Waals surface area contributed by atoms with Crippen molar-refractivity contribution in [3.63, 3.8) is 0 Å². The molecule has 0 heterocycles. The Hall–Kier alpha value is -1.65. The van der Waals surface area contributed by atoms with Crippen LogP contribution in [-0.4, -0.2) is 36.7 Å². The number of carbonyl (C=O) groups is 3. The van der Waals surface area contributed by atoms with Gasteiger partial charge in [-0.15, -0.1) is 0 Å². The normalized spacial score (nSPS) is 8.62. The van der Waals surface area contributed by atoms with E-state index in [-0.39, 0.29) is 6.54 Å². The Morgan fingerprint density at radius 3 is 2.62 bits per heavy atom. The molecule has 0 fully saturated rings. The first kappa shape index (κ1) is 11.4. The van der Waals surface area contributed by atoms with Crippen molar-refractivity contribution < 1.29 is 14.4 Å². The number of nitrogens with one attached hydrogen (secondary N) is 1. The molecule has 72 valence electrons. The molecule has 0 aliphatic heterocycles. The van der Waals surface area contributed by atoms with Gasteiger partial charge in [0.05, 0.1) is 0 Å². The SMILES string of the molecule is C=CC(=O)N(C=O)CCCNC=O. The second kappa shape index (κ2) is 7.02. The minimum absolute atomic E-state index is 0.287. The van der Waals surface area contributed by atoms with Crippen molar-refractivity contribution in [2.45, 2.75) is 6.42 Å². The molecule has 0 aromatic rings. The lowest BCUT2D eigenvalue weighted by molar-refractivity contribution is -0.134. The number of amides is 3. The van der Waals surface area contributed by atoms with Gasteiger partial charge in [-0.1, -0.05) is 6.58 Å². The lowest BCUT2D eigenvalue weighted by atomic mass is 10.4. The van der Waals surface area contributed by atoms with E-state index >= 15 is 0 Å². The van der Waals surface area contributed by atoms with Crippen molar-refractivity contribution in [3.8, 4) is 0 Å². The molecule has 3 amide bonds. The van der Waals surface area contributed by atoms with Crippen LogP contribution in [0.4, 0.5) is 0 Å². The molecule has 0 atom stereocenters. The third-order valence-electron chi connectivity index (χ3n) is 1.39. The molecule has 0 bridgehead atoms. The minimum Gasteiger partial charge on any atom is -0.359 e. The molecule has 0 aliphatic rings. The molecular weight excluding hydrogens is 172 g/mol. The van der Waals surface area contributed by atoms with Gasteiger partial charge in [0, 0.05) is 13.1 Å². The third-order valence-corrected chi connectivity index (χ3v) is 1.39. The summed E-state index contributed by atoms with van der Waals surface area (Å²) < 4.78 is 0. The van der Waals surface area contributed by atoms with E-state index in [4.69, 9.17) is 0 Å². The van der Waals surface area contributed by atoms with Gasteiger partial charge in [-0.25, -0.2) is 0 Å². The number of imide groups is 1. The second-order valence-electron chi connectivity index (χ2n) is 2.27. The summed E-state index contributed by atoms with van der Waals surface area (Å²) in [6.07, 6.45) is 2.63. The quantitative estimate of drug-likeness (QED) is 0.323. The molecule has 13 heavy (non-hydrogen) atoms. The monoisotopic (exact) mass is 184 g/mol. The lowest BCUT2D eigenvalue weighted by Crippen LogP contribution is -2.30. The van der Waals surface area contributed by atoms with Gasteiger partial charge in [-0.05, 0) is 12.5 Å². The van der Waals surface area contributed by atoms with Gasteiger partial charge in [0.1, 0.15) is 0 Å². The van der Waals surface area contributed by atoms with Crippen LogP contribution < -0.4 is 5.32 Å². The summed E-state index contributed by atoms with van der Waals surface area (Å²) in [5, 5.41) is 2.42. The van der Waals surface area contributed by atoms with Crippen LogP contribution in [0.15, 0.2) is 12.7 Å². The highest BCUT2D eigenvalue weighted by Gasteiger charge is 2.06. The van der Waals surface area contributed by atoms with E-state index in [2.05, 4.69) is 11.9 Å². The van der Waals surface area contributed by atoms with Crippen molar-refractivity contribution in [2.24, 2.45) is 0 Å². The van der Waals surface area contributed by atoms with Crippen molar-refractivity contribution in [2.75, 3.05) is 13.1 Å². The summed E-state index contributed by atoms with van der Waals surface area (Å²) in [6.45, 7) is 3.98. The second-order valence-corrected chi connectivity index (χ2v) is 2.27. The summed E-state index contributed by atoms with van der Waals surface area (Å²) in [7, 11) is 0. The summed E-state index contributed by atoms with van der Waals surface area (Å²) >= 11 is 0. The highest BCUT2D eigenvalue weighted by atomic mass is 16.2. The minimum atomic E-state index is -0.430. The summed E-state index contributed by atoms with van der Waals surface area (Å²) in [5.41, 5.74) is 0. The van der Waals surface area contributed by atoms with Crippen molar-refractivity contribution in [1.82, 2.24) is 10.2 Å². The van der Waals surface area contributed by atoms with E-state index in [1.807, 2.05) is 0 Å². The molecule has 0 unspecified atom stereocenters. The van der Waals surface area contributed by atoms with E-state index in [1.54, 1.807) is 0 Å². The van der Waals surface area contributed by atoms with Crippen LogP contribution in [0.5, 0.6) is 0 Å². The molecule has 5 nitrogen and oxygen atoms in total. The molecule has 0 radical (unpaired) electrons. The number of carbonyl (C=O) groups excluding carboxylic acids is 3. The molecule has 0 spiro atoms. The fourth-order valence-corrected chi connectivity index (χ4v) is 0.742. The molecule has 0 aliphatic carbocycles. The average molecular weight is 184 g/mol. The van der Waals surface area contributed by atoms with Crippen molar-refractivity contribution >= 4 is 18.7 Å². The fraction of sp³-hybridized carbons (Fsp3) is 0.375. The molecule has 0 aromatic heterocycles. The van der Waals surface area contributed by atoms with Gasteiger partial charge >= 0.3 is 0 Å². The van der Waals surface area contributed by atoms with Crippen LogP contribution in [-0.2, 0) is 14.4 Å². The summed E-state index contributed by atoms with van der Waals surface area (Å²) in [5.74, 6) is -0.430. The fourth-order valence-electron chi connectivity index (χ4n) is 0.742. The lowest BCUT2D eigenvalue weighted by Gasteiger charge is -2.12. The summed E-state index contributed by atoms with van der Waals surface area (Å²) in [6, 6.07) is 0. The van der Waals surface area contributed by atoms with Crippen molar-refractivity contribution in [1.29, 1.82) is 0 Å². The zero-order valence-electron chi connectivity index (χ0n) is 7.23. The Morgan fingerprint density at radius 1 is 1.46 bits per heavy atom. The third kappa shape index (κ3) is 4.73. The van der Waals surface area contributed by atoms with Crippen LogP contribution in [0, 0.1) is 0 Å². The highest BCUT2D eigenvalue weighted by Crippen LogP contribution is 1.88. The standard InChI is InChI=1S/C8H12N2O3/c1-2-8(13)10(7-12)5-3-4-9-6-11/h2,6-7H,1,3-5H2,(H,9,11). The molecule has 1 N–H and O–H groups in total. The predicted molar refractivity (Wildman–Crippen MR) is 46.7 cm³/mol. The Balaban J connectivity index is 3.71. The van der Waals surface area contributed by atoms with E-state index in [0.29, 0.717) is 25.8 Å². The molecule has 5 heteroatoms. The van der Waals surface area contributed by atoms with Gasteiger partial charge in [-0.2, -0.15) is 0 Å². The van der Waals surface area contributed by atoms with Gasteiger partial charge in [0.15, 0.2) is 0 Å². The van der Waals surface area contributed by atoms with Crippen LogP contribution >= 0.6 is 0 Å². The molecule has 0 aromatic carbocycles. The van der Waals surface area contributed by atoms with Crippen LogP contribution in [0.1, 0.15) is 6.42 Å². The highest BCUT2D eigenvalue weighted by molar-refractivity contribution is 5.94. The van der Waals surface area contributed by atoms with Gasteiger partial charge < -0.3 is 5.32 Å². The van der Waals surface area contributed by atoms with E-state index < -0.39 is 5.91 Å². The Morgan fingerprint density at radius 2 is 2.15 bits per heavy atom. The first-order valence-electron chi connectivity index (χ1n) is 3.81. The van der Waals surface area contributed by atoms with Gasteiger partial charge in [0.2, 0.25) is 12.8 Å². The Kier molecular flexibility index (Phi) is 6.13. The van der Waals surface area contributed by atoms with Crippen LogP contribution in [0.3, 0.4) is 0 Å². The number of nitrogens with zero attached hydrogens (tertiary/aromatic N) is 1. The first-order valence-corrected chi connectivity index (χ1v) is 3.81. The zero-order valence-corrected chi connectivity index (χ0v) is 7.23. The first-order chi connectivity index (χ1) is 6.26. The predicted octanol–water partition coefficient (Wildman–Crippen LogP) is -0.707. The van der Waals surface area contributed by atoms with E-state index in [0.717, 1.165) is 11.0 Å². The maximum Gasteiger partial charge on any atom is 0.252 e. The number of hydrogen-bond donors (Lipinski definition) is 1. The zero-order chi connectivity index (χ0) is 10.1. The molecule has 0 rings (SSSR count). The smallest absolute Gasteiger partial charge is 0.252 e. The summed E-state index contributed by atoms with van der Waals surface area (Å²) in [4.78, 5) is 32.1. The van der Waals surface area contributed by atoms with Gasteiger partial charge in [-0.3, -0.25) is 19.3 Å². The van der Waals surface area contributed by atoms with E-state index in [9.17, 15) is 14.4 Å². The number of rotatable bonds is 7. The van der Waals surface area contributed by atoms with Crippen molar-refractivity contribution in [3.05, 3.63) is 12.7 Å². The Bertz CT molecular complexity index is 204. The maximum atomic E-state index is 10.9. The molecule has 0 saturated heterocycles. The average Bonchev–Trinajstić information content (AvgIpc) is 2.17. The maximum absolute atomic E-state index is 10.9. The van der Waals surface area contributed by atoms with Gasteiger partial charge in [0.25, 0.3) is 5.91 Å². The molecule has 0 saturated carbocycles. The number of hydrogen-bond acceptors (Lipinski definition) is 3. The van der Waals surface area contributed by atoms with Crippen LogP contribution in [0.2, 0.25) is 0 Å². The van der Waals surface area contributed by atoms with Crippen LogP contribution in [0.25, 0.3) is 0 Å². The Labute approximate surface area is 76.4 Å². The van der Waals surface area contributed by atoms with E-state index in [1.165, 1.54) is 0 Å². The topological polar surface area (TPSA) is 66.5 Å². The molecular formula is C8H12N2O3.